The molecule has 0 saturated carbocycles. The van der Waals surface area contributed by atoms with Crippen LogP contribution in [0.25, 0.3) is 0 Å². The zero-order valence-electron chi connectivity index (χ0n) is 13.3. The number of fused-ring (bicyclic) bond motifs is 1. The number of rotatable bonds is 4. The predicted molar refractivity (Wildman–Crippen MR) is 97.5 cm³/mol. The van der Waals surface area contributed by atoms with Crippen LogP contribution in [0.3, 0.4) is 0 Å². The second-order valence-corrected chi connectivity index (χ2v) is 6.90. The maximum absolute atomic E-state index is 12.4. The third kappa shape index (κ3) is 3.82. The fraction of sp³-hybridized carbons (Fsp3) is 0.316. The molecule has 3 rings (SSSR count). The molecule has 1 amide bonds. The van der Waals surface area contributed by atoms with Crippen molar-refractivity contribution < 1.29 is 4.79 Å². The van der Waals surface area contributed by atoms with Crippen LogP contribution < -0.4 is 5.32 Å². The summed E-state index contributed by atoms with van der Waals surface area (Å²) in [5.74, 6) is 0.0162. The minimum absolute atomic E-state index is 0.0162. The Morgan fingerprint density at radius 2 is 1.96 bits per heavy atom. The van der Waals surface area contributed by atoms with Gasteiger partial charge < -0.3 is 5.32 Å². The standard InChI is InChI=1S/C19H21BrN2O/c1-22(13-19(23)21-17-11-5-4-10-16(17)20)18-12-6-8-14-7-2-3-9-15(14)18/h2-5,7,9-11,18H,6,8,12-13H2,1H3,(H,21,23)/t18-/m1/s1. The minimum atomic E-state index is 0.0162. The molecule has 0 heterocycles. The first-order chi connectivity index (χ1) is 11.1. The van der Waals surface area contributed by atoms with Crippen LogP contribution in [0, 0.1) is 0 Å². The van der Waals surface area contributed by atoms with E-state index in [1.54, 1.807) is 0 Å². The summed E-state index contributed by atoms with van der Waals surface area (Å²) in [6.07, 6.45) is 3.43. The van der Waals surface area contributed by atoms with E-state index in [1.807, 2.05) is 31.3 Å². The Bertz CT molecular complexity index is 701. The van der Waals surface area contributed by atoms with E-state index in [1.165, 1.54) is 17.5 Å². The van der Waals surface area contributed by atoms with Gasteiger partial charge in [0, 0.05) is 10.5 Å². The molecule has 1 atom stereocenters. The first kappa shape index (κ1) is 16.2. The molecule has 0 fully saturated rings. The normalized spacial score (nSPS) is 16.9. The summed E-state index contributed by atoms with van der Waals surface area (Å²) in [5, 5.41) is 2.98. The van der Waals surface area contributed by atoms with Crippen LogP contribution in [-0.2, 0) is 11.2 Å². The smallest absolute Gasteiger partial charge is 0.238 e. The molecule has 1 aliphatic rings. The number of hydrogen-bond donors (Lipinski definition) is 1. The Morgan fingerprint density at radius 3 is 2.78 bits per heavy atom. The molecule has 1 aliphatic carbocycles. The number of likely N-dealkylation sites (N-methyl/N-ethyl adjacent to an activating group) is 1. The number of para-hydroxylation sites is 1. The van der Waals surface area contributed by atoms with E-state index in [4.69, 9.17) is 0 Å². The van der Waals surface area contributed by atoms with E-state index in [2.05, 4.69) is 50.4 Å². The zero-order valence-corrected chi connectivity index (χ0v) is 14.8. The Balaban J connectivity index is 1.67. The number of anilines is 1. The number of hydrogen-bond acceptors (Lipinski definition) is 2. The lowest BCUT2D eigenvalue weighted by Gasteiger charge is -2.32. The van der Waals surface area contributed by atoms with Gasteiger partial charge in [0.15, 0.2) is 0 Å². The molecule has 0 bridgehead atoms. The molecule has 0 radical (unpaired) electrons. The van der Waals surface area contributed by atoms with Crippen LogP contribution in [-0.4, -0.2) is 24.4 Å². The Hall–Kier alpha value is -1.65. The van der Waals surface area contributed by atoms with E-state index < -0.39 is 0 Å². The van der Waals surface area contributed by atoms with Gasteiger partial charge in [0.2, 0.25) is 5.91 Å². The van der Waals surface area contributed by atoms with Gasteiger partial charge in [-0.15, -0.1) is 0 Å². The van der Waals surface area contributed by atoms with Crippen LogP contribution in [0.15, 0.2) is 53.0 Å². The van der Waals surface area contributed by atoms with E-state index in [-0.39, 0.29) is 5.91 Å². The number of nitrogens with one attached hydrogen (secondary N) is 1. The van der Waals surface area contributed by atoms with Crippen LogP contribution in [0.1, 0.15) is 30.0 Å². The molecule has 0 aliphatic heterocycles. The summed E-state index contributed by atoms with van der Waals surface area (Å²) in [6, 6.07) is 16.6. The summed E-state index contributed by atoms with van der Waals surface area (Å²) in [4.78, 5) is 14.5. The number of benzene rings is 2. The topological polar surface area (TPSA) is 32.3 Å². The first-order valence-electron chi connectivity index (χ1n) is 7.97. The fourth-order valence-corrected chi connectivity index (χ4v) is 3.66. The second-order valence-electron chi connectivity index (χ2n) is 6.05. The van der Waals surface area contributed by atoms with Gasteiger partial charge in [0.1, 0.15) is 0 Å². The molecule has 23 heavy (non-hydrogen) atoms. The lowest BCUT2D eigenvalue weighted by atomic mass is 9.87. The minimum Gasteiger partial charge on any atom is -0.324 e. The molecule has 4 heteroatoms. The highest BCUT2D eigenvalue weighted by molar-refractivity contribution is 9.10. The number of aryl methyl sites for hydroxylation is 1. The van der Waals surface area contributed by atoms with Gasteiger partial charge in [-0.2, -0.15) is 0 Å². The summed E-state index contributed by atoms with van der Waals surface area (Å²) in [7, 11) is 2.03. The van der Waals surface area contributed by atoms with Gasteiger partial charge in [-0.25, -0.2) is 0 Å². The Labute approximate surface area is 145 Å². The molecule has 1 N–H and O–H groups in total. The second kappa shape index (κ2) is 7.28. The molecule has 0 spiro atoms. The van der Waals surface area contributed by atoms with E-state index in [0.29, 0.717) is 12.6 Å². The first-order valence-corrected chi connectivity index (χ1v) is 8.77. The van der Waals surface area contributed by atoms with Gasteiger partial charge in [-0.05, 0) is 65.5 Å². The van der Waals surface area contributed by atoms with Crippen molar-refractivity contribution in [3.8, 4) is 0 Å². The van der Waals surface area contributed by atoms with Crippen molar-refractivity contribution in [2.45, 2.75) is 25.3 Å². The lowest BCUT2D eigenvalue weighted by Crippen LogP contribution is -2.34. The van der Waals surface area contributed by atoms with Crippen molar-refractivity contribution in [2.75, 3.05) is 18.9 Å². The van der Waals surface area contributed by atoms with Crippen molar-refractivity contribution in [2.24, 2.45) is 0 Å². The zero-order chi connectivity index (χ0) is 16.2. The quantitative estimate of drug-likeness (QED) is 0.862. The van der Waals surface area contributed by atoms with Crippen LogP contribution in [0.5, 0.6) is 0 Å². The van der Waals surface area contributed by atoms with Gasteiger partial charge in [0.05, 0.1) is 12.2 Å². The monoisotopic (exact) mass is 372 g/mol. The van der Waals surface area contributed by atoms with Gasteiger partial charge >= 0.3 is 0 Å². The molecular formula is C19H21BrN2O. The molecule has 120 valence electrons. The van der Waals surface area contributed by atoms with Crippen LogP contribution >= 0.6 is 15.9 Å². The third-order valence-corrected chi connectivity index (χ3v) is 5.10. The van der Waals surface area contributed by atoms with E-state index >= 15 is 0 Å². The highest BCUT2D eigenvalue weighted by atomic mass is 79.9. The van der Waals surface area contributed by atoms with E-state index in [0.717, 1.165) is 23.0 Å². The van der Waals surface area contributed by atoms with Crippen molar-refractivity contribution in [3.63, 3.8) is 0 Å². The maximum Gasteiger partial charge on any atom is 0.238 e. The summed E-state index contributed by atoms with van der Waals surface area (Å²) in [5.41, 5.74) is 3.60. The highest BCUT2D eigenvalue weighted by Gasteiger charge is 2.24. The average Bonchev–Trinajstić information content (AvgIpc) is 2.56. The largest absolute Gasteiger partial charge is 0.324 e. The fourth-order valence-electron chi connectivity index (χ4n) is 3.28. The average molecular weight is 373 g/mol. The summed E-state index contributed by atoms with van der Waals surface area (Å²) >= 11 is 3.46. The maximum atomic E-state index is 12.4. The number of carbonyl (C=O) groups excluding carboxylic acids is 1. The SMILES string of the molecule is CN(CC(=O)Nc1ccccc1Br)[C@@H]1CCCc2ccccc21. The number of carbonyl (C=O) groups is 1. The van der Waals surface area contributed by atoms with E-state index in [9.17, 15) is 4.79 Å². The van der Waals surface area contributed by atoms with Gasteiger partial charge in [-0.1, -0.05) is 36.4 Å². The molecule has 0 unspecified atom stereocenters. The van der Waals surface area contributed by atoms with Crippen molar-refractivity contribution in [3.05, 3.63) is 64.1 Å². The Morgan fingerprint density at radius 1 is 1.22 bits per heavy atom. The molecule has 0 aromatic heterocycles. The molecule has 2 aromatic rings. The Kier molecular flexibility index (Phi) is 5.13. The summed E-state index contributed by atoms with van der Waals surface area (Å²) in [6.45, 7) is 0.389. The number of halogens is 1. The molecule has 3 nitrogen and oxygen atoms in total. The van der Waals surface area contributed by atoms with Gasteiger partial charge in [-0.3, -0.25) is 9.69 Å². The third-order valence-electron chi connectivity index (χ3n) is 4.41. The number of nitrogens with zero attached hydrogens (tertiary/aromatic N) is 1. The van der Waals surface area contributed by atoms with Crippen molar-refractivity contribution >= 4 is 27.5 Å². The molecule has 2 aromatic carbocycles. The van der Waals surface area contributed by atoms with Crippen LogP contribution in [0.2, 0.25) is 0 Å². The highest BCUT2D eigenvalue weighted by Crippen LogP contribution is 2.33. The van der Waals surface area contributed by atoms with Crippen molar-refractivity contribution in [1.82, 2.24) is 4.90 Å². The number of amides is 1. The van der Waals surface area contributed by atoms with Crippen LogP contribution in [0.4, 0.5) is 5.69 Å². The molecule has 0 saturated heterocycles. The molecular weight excluding hydrogens is 352 g/mol. The predicted octanol–water partition coefficient (Wildman–Crippen LogP) is 4.40. The van der Waals surface area contributed by atoms with Gasteiger partial charge in [0.25, 0.3) is 0 Å². The van der Waals surface area contributed by atoms with Crippen molar-refractivity contribution in [1.29, 1.82) is 0 Å². The summed E-state index contributed by atoms with van der Waals surface area (Å²) < 4.78 is 0.902. The lowest BCUT2D eigenvalue weighted by molar-refractivity contribution is -0.117.